The number of urea groups is 1. The van der Waals surface area contributed by atoms with Crippen LogP contribution in [0.4, 0.5) is 16.2 Å². The number of amides is 4. The first kappa shape index (κ1) is 21.2. The molecule has 1 aliphatic rings. The number of esters is 1. The van der Waals surface area contributed by atoms with E-state index in [1.165, 1.54) is 24.3 Å². The number of rotatable bonds is 5. The minimum absolute atomic E-state index is 0.168. The minimum Gasteiger partial charge on any atom is -0.488 e. The first-order valence-electron chi connectivity index (χ1n) is 8.75. The number of hydrogen-bond acceptors (Lipinski definition) is 8. The average Bonchev–Trinajstić information content (AvgIpc) is 2.71. The maximum Gasteiger partial charge on any atom is 0.335 e. The number of ether oxygens (including phenoxy) is 2. The third-order valence-corrected chi connectivity index (χ3v) is 4.18. The van der Waals surface area contributed by atoms with Crippen LogP contribution in [0.15, 0.2) is 48.0 Å². The number of imide groups is 2. The van der Waals surface area contributed by atoms with Crippen LogP contribution in [0.25, 0.3) is 6.08 Å². The topological polar surface area (TPSA) is 145 Å². The molecule has 0 radical (unpaired) electrons. The van der Waals surface area contributed by atoms with Crippen molar-refractivity contribution in [3.8, 4) is 11.5 Å². The number of carbonyl (C=O) groups is 4. The lowest BCUT2D eigenvalue weighted by Gasteiger charge is -2.26. The van der Waals surface area contributed by atoms with Crippen LogP contribution in [0.1, 0.15) is 12.5 Å². The quantitative estimate of drug-likeness (QED) is 0.192. The second-order valence-electron chi connectivity index (χ2n) is 6.18. The number of nitro benzene ring substituents is 1. The Morgan fingerprint density at radius 3 is 2.39 bits per heavy atom. The van der Waals surface area contributed by atoms with Crippen molar-refractivity contribution in [2.75, 3.05) is 12.0 Å². The number of para-hydroxylation sites is 1. The van der Waals surface area contributed by atoms with Gasteiger partial charge in [-0.25, -0.2) is 9.69 Å². The summed E-state index contributed by atoms with van der Waals surface area (Å²) < 4.78 is 9.95. The fraction of sp³-hybridized carbons (Fsp3) is 0.100. The fourth-order valence-corrected chi connectivity index (χ4v) is 2.93. The molecule has 1 heterocycles. The number of anilines is 1. The van der Waals surface area contributed by atoms with E-state index in [1.54, 1.807) is 18.2 Å². The highest BCUT2D eigenvalue weighted by molar-refractivity contribution is 6.39. The number of hydrogen-bond donors (Lipinski definition) is 1. The van der Waals surface area contributed by atoms with Crippen LogP contribution in [0, 0.1) is 10.1 Å². The van der Waals surface area contributed by atoms with Crippen LogP contribution in [-0.4, -0.2) is 35.8 Å². The zero-order valence-corrected chi connectivity index (χ0v) is 16.3. The normalized spacial score (nSPS) is 15.0. The second-order valence-corrected chi connectivity index (χ2v) is 6.18. The van der Waals surface area contributed by atoms with Crippen molar-refractivity contribution in [2.24, 2.45) is 0 Å². The van der Waals surface area contributed by atoms with Gasteiger partial charge in [-0.15, -0.1) is 0 Å². The summed E-state index contributed by atoms with van der Waals surface area (Å²) in [5.74, 6) is -3.27. The molecule has 1 fully saturated rings. The second kappa shape index (κ2) is 8.45. The van der Waals surface area contributed by atoms with Gasteiger partial charge < -0.3 is 9.47 Å². The van der Waals surface area contributed by atoms with Crippen molar-refractivity contribution < 1.29 is 33.6 Å². The number of methoxy groups -OCH3 is 1. The van der Waals surface area contributed by atoms with Crippen LogP contribution in [0.2, 0.25) is 0 Å². The van der Waals surface area contributed by atoms with Crippen LogP contribution in [0.5, 0.6) is 11.5 Å². The summed E-state index contributed by atoms with van der Waals surface area (Å²) in [6, 6.07) is 9.32. The maximum atomic E-state index is 12.9. The summed E-state index contributed by atoms with van der Waals surface area (Å²) >= 11 is 0. The molecule has 11 nitrogen and oxygen atoms in total. The molecule has 1 N–H and O–H groups in total. The predicted octanol–water partition coefficient (Wildman–Crippen LogP) is 2.20. The smallest absolute Gasteiger partial charge is 0.335 e. The van der Waals surface area contributed by atoms with Gasteiger partial charge in [-0.05, 0) is 30.3 Å². The summed E-state index contributed by atoms with van der Waals surface area (Å²) in [4.78, 5) is 60.3. The Balaban J connectivity index is 2.14. The van der Waals surface area contributed by atoms with Crippen molar-refractivity contribution in [3.63, 3.8) is 0 Å². The molecule has 4 amide bonds. The van der Waals surface area contributed by atoms with Gasteiger partial charge in [0.2, 0.25) is 5.75 Å². The molecule has 0 bridgehead atoms. The summed E-state index contributed by atoms with van der Waals surface area (Å²) in [6.45, 7) is 1.11. The van der Waals surface area contributed by atoms with E-state index in [9.17, 15) is 29.3 Å². The van der Waals surface area contributed by atoms with E-state index in [0.29, 0.717) is 0 Å². The van der Waals surface area contributed by atoms with Gasteiger partial charge in [-0.3, -0.25) is 29.8 Å². The molecule has 11 heteroatoms. The summed E-state index contributed by atoms with van der Waals surface area (Å²) in [5, 5.41) is 13.7. The Morgan fingerprint density at radius 2 is 1.81 bits per heavy atom. The van der Waals surface area contributed by atoms with Crippen LogP contribution in [0.3, 0.4) is 0 Å². The first-order chi connectivity index (χ1) is 14.7. The fourth-order valence-electron chi connectivity index (χ4n) is 2.93. The minimum atomic E-state index is -1.01. The average molecular weight is 425 g/mol. The molecular weight excluding hydrogens is 410 g/mol. The molecule has 0 atom stereocenters. The highest BCUT2D eigenvalue weighted by Crippen LogP contribution is 2.40. The molecule has 0 spiro atoms. The molecule has 0 aliphatic carbocycles. The van der Waals surface area contributed by atoms with Crippen molar-refractivity contribution >= 4 is 41.3 Å². The molecule has 1 aliphatic heterocycles. The third kappa shape index (κ3) is 4.10. The van der Waals surface area contributed by atoms with Gasteiger partial charge in [0.1, 0.15) is 5.57 Å². The van der Waals surface area contributed by atoms with E-state index in [2.05, 4.69) is 0 Å². The van der Waals surface area contributed by atoms with Crippen LogP contribution < -0.4 is 19.7 Å². The molecule has 2 aromatic rings. The Morgan fingerprint density at radius 1 is 1.13 bits per heavy atom. The lowest BCUT2D eigenvalue weighted by atomic mass is 10.0. The molecule has 31 heavy (non-hydrogen) atoms. The first-order valence-corrected chi connectivity index (χ1v) is 8.75. The number of nitrogens with one attached hydrogen (secondary N) is 1. The third-order valence-electron chi connectivity index (χ3n) is 4.18. The standard InChI is InChI=1S/C20H15N3O8/c1-11(24)31-15-9-8-12(16(23(28)29)17(15)30-2)10-14-18(25)21-20(27)22(19(14)26)13-6-4-3-5-7-13/h3-10H,1-2H3,(H,21,25,27)/b14-10+. The number of nitrogens with zero attached hydrogens (tertiary/aromatic N) is 2. The summed E-state index contributed by atoms with van der Waals surface area (Å²) in [6.07, 6.45) is 0.970. The number of benzene rings is 2. The van der Waals surface area contributed by atoms with Gasteiger partial charge in [0, 0.05) is 6.92 Å². The molecule has 158 valence electrons. The monoisotopic (exact) mass is 425 g/mol. The molecular formula is C20H15N3O8. The zero-order chi connectivity index (χ0) is 22.7. The van der Waals surface area contributed by atoms with E-state index in [0.717, 1.165) is 25.0 Å². The number of carbonyl (C=O) groups excluding carboxylic acids is 4. The van der Waals surface area contributed by atoms with Crippen molar-refractivity contribution in [1.82, 2.24) is 5.32 Å². The number of barbiturate groups is 1. The van der Waals surface area contributed by atoms with Gasteiger partial charge in [0.15, 0.2) is 5.75 Å². The van der Waals surface area contributed by atoms with Crippen molar-refractivity contribution in [2.45, 2.75) is 6.92 Å². The van der Waals surface area contributed by atoms with Crippen molar-refractivity contribution in [1.29, 1.82) is 0 Å². The Hall–Kier alpha value is -4.54. The predicted molar refractivity (Wildman–Crippen MR) is 106 cm³/mol. The molecule has 3 rings (SSSR count). The highest BCUT2D eigenvalue weighted by atomic mass is 16.6. The van der Waals surface area contributed by atoms with Gasteiger partial charge in [0.25, 0.3) is 11.8 Å². The maximum absolute atomic E-state index is 12.9. The lowest BCUT2D eigenvalue weighted by molar-refractivity contribution is -0.386. The number of nitro groups is 1. The molecule has 0 aromatic heterocycles. The van der Waals surface area contributed by atoms with E-state index < -0.39 is 40.0 Å². The highest BCUT2D eigenvalue weighted by Gasteiger charge is 2.37. The Labute approximate surface area is 175 Å². The Bertz CT molecular complexity index is 1140. The largest absolute Gasteiger partial charge is 0.488 e. The van der Waals surface area contributed by atoms with E-state index >= 15 is 0 Å². The van der Waals surface area contributed by atoms with E-state index in [4.69, 9.17) is 9.47 Å². The van der Waals surface area contributed by atoms with Crippen molar-refractivity contribution in [3.05, 3.63) is 63.7 Å². The van der Waals surface area contributed by atoms with E-state index in [-0.39, 0.29) is 22.7 Å². The molecule has 1 saturated heterocycles. The zero-order valence-electron chi connectivity index (χ0n) is 16.3. The van der Waals surface area contributed by atoms with Crippen LogP contribution in [-0.2, 0) is 14.4 Å². The van der Waals surface area contributed by atoms with Gasteiger partial charge in [0.05, 0.1) is 23.3 Å². The molecule has 0 unspecified atom stereocenters. The molecule has 0 saturated carbocycles. The van der Waals surface area contributed by atoms with Gasteiger partial charge in [-0.2, -0.15) is 0 Å². The van der Waals surface area contributed by atoms with Crippen LogP contribution >= 0.6 is 0 Å². The van der Waals surface area contributed by atoms with Gasteiger partial charge >= 0.3 is 17.7 Å². The van der Waals surface area contributed by atoms with Gasteiger partial charge in [-0.1, -0.05) is 18.2 Å². The SMILES string of the molecule is COc1c(OC(C)=O)ccc(/C=C2\C(=O)NC(=O)N(c3ccccc3)C2=O)c1[N+](=O)[O-]. The summed E-state index contributed by atoms with van der Waals surface area (Å²) in [5.41, 5.74) is -1.09. The molecule has 2 aromatic carbocycles. The summed E-state index contributed by atoms with van der Waals surface area (Å²) in [7, 11) is 1.14. The van der Waals surface area contributed by atoms with E-state index in [1.807, 2.05) is 5.32 Å². The lowest BCUT2D eigenvalue weighted by Crippen LogP contribution is -2.54. The Kier molecular flexibility index (Phi) is 5.77.